The number of ether oxygens (including phenoxy) is 1. The Kier molecular flexibility index (Phi) is 5.30. The minimum atomic E-state index is -0.142. The van der Waals surface area contributed by atoms with E-state index in [9.17, 15) is 0 Å². The lowest BCUT2D eigenvalue weighted by molar-refractivity contribution is 0.180. The molecule has 6 heteroatoms. The molecule has 0 spiro atoms. The third-order valence-corrected chi connectivity index (χ3v) is 5.74. The van der Waals surface area contributed by atoms with Gasteiger partial charge in [0.25, 0.3) is 0 Å². The lowest BCUT2D eigenvalue weighted by Gasteiger charge is -2.27. The maximum atomic E-state index is 5.48. The molecular formula is C23H31N5O. The average Bonchev–Trinajstić information content (AvgIpc) is 3.30. The third-order valence-electron chi connectivity index (χ3n) is 5.74. The summed E-state index contributed by atoms with van der Waals surface area (Å²) in [6, 6.07) is 8.80. The van der Waals surface area contributed by atoms with Crippen LogP contribution in [0.15, 0.2) is 30.5 Å². The van der Waals surface area contributed by atoms with Crippen LogP contribution in [0, 0.1) is 6.92 Å². The normalized spacial score (nSPS) is 17.4. The van der Waals surface area contributed by atoms with Gasteiger partial charge in [-0.25, -0.2) is 14.6 Å². The molecule has 1 aliphatic rings. The third kappa shape index (κ3) is 3.86. The first-order chi connectivity index (χ1) is 13.9. The maximum Gasteiger partial charge on any atom is 0.163 e. The van der Waals surface area contributed by atoms with Crippen molar-refractivity contribution in [2.45, 2.75) is 58.5 Å². The molecule has 3 aromatic rings. The van der Waals surface area contributed by atoms with Crippen molar-refractivity contribution in [3.63, 3.8) is 0 Å². The predicted molar refractivity (Wildman–Crippen MR) is 117 cm³/mol. The molecule has 0 saturated carbocycles. The van der Waals surface area contributed by atoms with Crippen LogP contribution < -0.4 is 4.90 Å². The number of aryl methyl sites for hydroxylation is 1. The number of benzene rings is 1. The topological polar surface area (TPSA) is 56.1 Å². The maximum absolute atomic E-state index is 5.48. The summed E-state index contributed by atoms with van der Waals surface area (Å²) >= 11 is 0. The number of methoxy groups -OCH3 is 1. The van der Waals surface area contributed by atoms with Crippen LogP contribution in [0.3, 0.4) is 0 Å². The minimum Gasteiger partial charge on any atom is -0.383 e. The Morgan fingerprint density at radius 3 is 2.69 bits per heavy atom. The zero-order valence-electron chi connectivity index (χ0n) is 18.1. The molecule has 0 aliphatic carbocycles. The summed E-state index contributed by atoms with van der Waals surface area (Å²) in [7, 11) is 1.77. The summed E-state index contributed by atoms with van der Waals surface area (Å²) < 4.78 is 7.49. The molecule has 4 rings (SSSR count). The summed E-state index contributed by atoms with van der Waals surface area (Å²) in [6.45, 7) is 11.0. The SMILES string of the molecule is COC[C@H]1CCCN1c1nc(C(C)(C)C)nc2c1cnn2Cc1ccccc1C. The molecule has 0 amide bonds. The Labute approximate surface area is 172 Å². The van der Waals surface area contributed by atoms with Crippen LogP contribution in [0.4, 0.5) is 5.82 Å². The zero-order chi connectivity index (χ0) is 20.6. The Morgan fingerprint density at radius 1 is 1.17 bits per heavy atom. The van der Waals surface area contributed by atoms with Crippen molar-refractivity contribution >= 4 is 16.9 Å². The number of fused-ring (bicyclic) bond motifs is 1. The van der Waals surface area contributed by atoms with E-state index in [-0.39, 0.29) is 5.41 Å². The van der Waals surface area contributed by atoms with Crippen LogP contribution in [0.5, 0.6) is 0 Å². The number of rotatable bonds is 5. The molecular weight excluding hydrogens is 362 g/mol. The van der Waals surface area contributed by atoms with E-state index in [0.29, 0.717) is 19.2 Å². The molecule has 29 heavy (non-hydrogen) atoms. The largest absolute Gasteiger partial charge is 0.383 e. The molecule has 1 saturated heterocycles. The molecule has 3 heterocycles. The lowest BCUT2D eigenvalue weighted by atomic mass is 9.95. The first-order valence-corrected chi connectivity index (χ1v) is 10.4. The standard InChI is InChI=1S/C23H31N5O/c1-16-9-6-7-10-17(16)14-28-21-19(13-24-28)20(25-22(26-21)23(2,3)4)27-12-8-11-18(27)15-29-5/h6-7,9-10,13,18H,8,11-12,14-15H2,1-5H3/t18-/m1/s1. The molecule has 1 aromatic carbocycles. The van der Waals surface area contributed by atoms with E-state index < -0.39 is 0 Å². The Bertz CT molecular complexity index is 1000. The van der Waals surface area contributed by atoms with E-state index >= 15 is 0 Å². The van der Waals surface area contributed by atoms with Crippen molar-refractivity contribution in [3.05, 3.63) is 47.4 Å². The Balaban J connectivity index is 1.83. The van der Waals surface area contributed by atoms with Gasteiger partial charge < -0.3 is 9.64 Å². The van der Waals surface area contributed by atoms with Crippen molar-refractivity contribution in [1.29, 1.82) is 0 Å². The quantitative estimate of drug-likeness (QED) is 0.653. The number of hydrogen-bond donors (Lipinski definition) is 0. The molecule has 0 unspecified atom stereocenters. The van der Waals surface area contributed by atoms with Crippen LogP contribution in [-0.4, -0.2) is 46.1 Å². The van der Waals surface area contributed by atoms with Gasteiger partial charge >= 0.3 is 0 Å². The molecule has 1 fully saturated rings. The van der Waals surface area contributed by atoms with E-state index in [1.54, 1.807) is 7.11 Å². The highest BCUT2D eigenvalue weighted by molar-refractivity contribution is 5.87. The summed E-state index contributed by atoms with van der Waals surface area (Å²) in [5.41, 5.74) is 3.29. The van der Waals surface area contributed by atoms with Crippen molar-refractivity contribution in [3.8, 4) is 0 Å². The smallest absolute Gasteiger partial charge is 0.163 e. The van der Waals surface area contributed by atoms with Gasteiger partial charge in [0.1, 0.15) is 11.6 Å². The van der Waals surface area contributed by atoms with E-state index in [2.05, 4.69) is 56.9 Å². The average molecular weight is 394 g/mol. The van der Waals surface area contributed by atoms with Crippen LogP contribution in [0.1, 0.15) is 50.6 Å². The Morgan fingerprint density at radius 2 is 1.97 bits per heavy atom. The van der Waals surface area contributed by atoms with Gasteiger partial charge in [0, 0.05) is 19.1 Å². The first kappa shape index (κ1) is 19.8. The first-order valence-electron chi connectivity index (χ1n) is 10.4. The highest BCUT2D eigenvalue weighted by Gasteiger charge is 2.30. The van der Waals surface area contributed by atoms with E-state index in [0.717, 1.165) is 42.1 Å². The fourth-order valence-electron chi connectivity index (χ4n) is 4.04. The molecule has 0 N–H and O–H groups in total. The second-order valence-electron chi connectivity index (χ2n) is 9.03. The highest BCUT2D eigenvalue weighted by Crippen LogP contribution is 2.33. The molecule has 0 bridgehead atoms. The minimum absolute atomic E-state index is 0.142. The van der Waals surface area contributed by atoms with Crippen molar-refractivity contribution in [1.82, 2.24) is 19.7 Å². The van der Waals surface area contributed by atoms with Crippen molar-refractivity contribution in [2.75, 3.05) is 25.2 Å². The molecule has 0 radical (unpaired) electrons. The van der Waals surface area contributed by atoms with Gasteiger partial charge in [-0.15, -0.1) is 0 Å². The molecule has 154 valence electrons. The van der Waals surface area contributed by atoms with E-state index in [1.165, 1.54) is 11.1 Å². The second kappa shape index (κ2) is 7.75. The number of aromatic nitrogens is 4. The molecule has 1 atom stereocenters. The van der Waals surface area contributed by atoms with Crippen molar-refractivity contribution in [2.24, 2.45) is 0 Å². The number of nitrogens with zero attached hydrogens (tertiary/aromatic N) is 5. The second-order valence-corrected chi connectivity index (χ2v) is 9.03. The monoisotopic (exact) mass is 393 g/mol. The van der Waals surface area contributed by atoms with Crippen LogP contribution in [-0.2, 0) is 16.7 Å². The van der Waals surface area contributed by atoms with Gasteiger partial charge in [0.15, 0.2) is 5.65 Å². The summed E-state index contributed by atoms with van der Waals surface area (Å²) in [4.78, 5) is 12.4. The molecule has 6 nitrogen and oxygen atoms in total. The van der Waals surface area contributed by atoms with E-state index in [1.807, 2.05) is 10.9 Å². The summed E-state index contributed by atoms with van der Waals surface area (Å²) in [5.74, 6) is 1.85. The van der Waals surface area contributed by atoms with Gasteiger partial charge in [-0.2, -0.15) is 5.10 Å². The molecule has 1 aliphatic heterocycles. The fraction of sp³-hybridized carbons (Fsp3) is 0.522. The number of hydrogen-bond acceptors (Lipinski definition) is 5. The van der Waals surface area contributed by atoms with Crippen LogP contribution in [0.25, 0.3) is 11.0 Å². The van der Waals surface area contributed by atoms with Gasteiger partial charge in [-0.3, -0.25) is 0 Å². The van der Waals surface area contributed by atoms with Gasteiger partial charge in [0.2, 0.25) is 0 Å². The predicted octanol–water partition coefficient (Wildman–Crippen LogP) is 4.10. The van der Waals surface area contributed by atoms with Crippen LogP contribution >= 0.6 is 0 Å². The number of anilines is 1. The van der Waals surface area contributed by atoms with Gasteiger partial charge in [-0.05, 0) is 30.9 Å². The fourth-order valence-corrected chi connectivity index (χ4v) is 4.04. The summed E-state index contributed by atoms with van der Waals surface area (Å²) in [5, 5.41) is 5.74. The van der Waals surface area contributed by atoms with E-state index in [4.69, 9.17) is 19.8 Å². The molecule has 2 aromatic heterocycles. The highest BCUT2D eigenvalue weighted by atomic mass is 16.5. The Hall–Kier alpha value is -2.47. The zero-order valence-corrected chi connectivity index (χ0v) is 18.1. The lowest BCUT2D eigenvalue weighted by Crippen LogP contribution is -2.34. The van der Waals surface area contributed by atoms with Crippen LogP contribution in [0.2, 0.25) is 0 Å². The van der Waals surface area contributed by atoms with Gasteiger partial charge in [-0.1, -0.05) is 45.0 Å². The summed E-state index contributed by atoms with van der Waals surface area (Å²) in [6.07, 6.45) is 4.21. The van der Waals surface area contributed by atoms with Gasteiger partial charge in [0.05, 0.1) is 30.8 Å². The van der Waals surface area contributed by atoms with Crippen molar-refractivity contribution < 1.29 is 4.74 Å².